The summed E-state index contributed by atoms with van der Waals surface area (Å²) in [6.07, 6.45) is 13.0. The molecule has 0 radical (unpaired) electrons. The highest BCUT2D eigenvalue weighted by Gasteiger charge is 2.36. The molecule has 0 aromatic heterocycles. The molecule has 0 saturated heterocycles. The van der Waals surface area contributed by atoms with Crippen molar-refractivity contribution in [2.75, 3.05) is 6.54 Å². The summed E-state index contributed by atoms with van der Waals surface area (Å²) in [5.41, 5.74) is 7.13. The lowest BCUT2D eigenvalue weighted by molar-refractivity contribution is 0.183. The van der Waals surface area contributed by atoms with Crippen LogP contribution < -0.4 is 0 Å². The van der Waals surface area contributed by atoms with Gasteiger partial charge in [0.2, 0.25) is 0 Å². The quantitative estimate of drug-likeness (QED) is 0.368. The summed E-state index contributed by atoms with van der Waals surface area (Å²) in [7, 11) is 0. The van der Waals surface area contributed by atoms with Crippen LogP contribution in [0.4, 0.5) is 0 Å². The second-order valence-corrected chi connectivity index (χ2v) is 13.1. The third-order valence-corrected chi connectivity index (χ3v) is 8.92. The molecule has 2 saturated carbocycles. The fourth-order valence-electron chi connectivity index (χ4n) is 6.47. The first-order valence-corrected chi connectivity index (χ1v) is 14.5. The predicted octanol–water partition coefficient (Wildman–Crippen LogP) is 10.2. The van der Waals surface area contributed by atoms with Gasteiger partial charge in [0.15, 0.2) is 0 Å². The second-order valence-electron chi connectivity index (χ2n) is 13.1. The molecule has 1 heterocycles. The minimum Gasteiger partial charge on any atom is -0.291 e. The first-order chi connectivity index (χ1) is 15.7. The molecule has 3 atom stereocenters. The zero-order valence-electron chi connectivity index (χ0n) is 25.5. The van der Waals surface area contributed by atoms with E-state index < -0.39 is 0 Å². The van der Waals surface area contributed by atoms with E-state index in [1.54, 1.807) is 22.3 Å². The SMILES string of the molecule is CC(C)=C1CCC[C@@]1(C)C(C)C.CC(C)=C1CCC[C@H]1C(C)C.CC(C)C1C=CCN1C(C)C. The van der Waals surface area contributed by atoms with Crippen molar-refractivity contribution in [3.8, 4) is 0 Å². The van der Waals surface area contributed by atoms with E-state index in [1.807, 2.05) is 0 Å². The van der Waals surface area contributed by atoms with Gasteiger partial charge in [0, 0.05) is 18.6 Å². The number of rotatable bonds is 4. The maximum atomic E-state index is 2.53. The van der Waals surface area contributed by atoms with Gasteiger partial charge in [-0.2, -0.15) is 0 Å². The smallest absolute Gasteiger partial charge is 0.0307 e. The Kier molecular flexibility index (Phi) is 12.9. The van der Waals surface area contributed by atoms with E-state index in [4.69, 9.17) is 0 Å². The van der Waals surface area contributed by atoms with Crippen LogP contribution in [0.15, 0.2) is 34.4 Å². The largest absolute Gasteiger partial charge is 0.291 e. The van der Waals surface area contributed by atoms with Crippen molar-refractivity contribution in [2.45, 2.75) is 141 Å². The Morgan fingerprint density at radius 3 is 1.82 bits per heavy atom. The standard InChI is InChI=1S/C12H22.C11H20.C10H19N/c1-9(2)11-7-6-8-12(11,5)10(3)4;2*1-8(2)10-6-5-7-11(10)9(3)4/h10H,6-8H2,1-5H3;8,10H,5-7H2,1-4H3;5-6,8-10H,7H2,1-4H3/t12-;10-;/m00./s1. The van der Waals surface area contributed by atoms with E-state index in [2.05, 4.69) is 107 Å². The Bertz CT molecular complexity index is 694. The highest BCUT2D eigenvalue weighted by molar-refractivity contribution is 5.23. The summed E-state index contributed by atoms with van der Waals surface area (Å²) >= 11 is 0. The summed E-state index contributed by atoms with van der Waals surface area (Å²) in [6.45, 7) is 31.1. The van der Waals surface area contributed by atoms with Crippen LogP contribution in [0.3, 0.4) is 0 Å². The lowest BCUT2D eigenvalue weighted by atomic mass is 9.73. The summed E-state index contributed by atoms with van der Waals surface area (Å²) in [5.74, 6) is 3.29. The average Bonchev–Trinajstić information content (AvgIpc) is 3.47. The van der Waals surface area contributed by atoms with Gasteiger partial charge in [-0.25, -0.2) is 0 Å². The molecule has 1 nitrogen and oxygen atoms in total. The molecule has 0 aromatic rings. The minimum atomic E-state index is 0.513. The van der Waals surface area contributed by atoms with Crippen molar-refractivity contribution in [3.63, 3.8) is 0 Å². The molecule has 1 aliphatic heterocycles. The van der Waals surface area contributed by atoms with Crippen LogP contribution in [0.25, 0.3) is 0 Å². The number of hydrogen-bond acceptors (Lipinski definition) is 1. The van der Waals surface area contributed by atoms with Gasteiger partial charge in [-0.3, -0.25) is 4.90 Å². The van der Waals surface area contributed by atoms with Gasteiger partial charge in [-0.1, -0.05) is 82.9 Å². The number of hydrogen-bond donors (Lipinski definition) is 0. The van der Waals surface area contributed by atoms with E-state index in [9.17, 15) is 0 Å². The normalized spacial score (nSPS) is 27.0. The lowest BCUT2D eigenvalue weighted by Crippen LogP contribution is -2.38. The van der Waals surface area contributed by atoms with Crippen LogP contribution >= 0.6 is 0 Å². The van der Waals surface area contributed by atoms with Crippen LogP contribution in [-0.2, 0) is 0 Å². The molecule has 0 bridgehead atoms. The molecule has 2 aliphatic carbocycles. The van der Waals surface area contributed by atoms with Crippen molar-refractivity contribution in [2.24, 2.45) is 29.1 Å². The van der Waals surface area contributed by atoms with Gasteiger partial charge >= 0.3 is 0 Å². The van der Waals surface area contributed by atoms with Gasteiger partial charge in [-0.15, -0.1) is 0 Å². The molecule has 34 heavy (non-hydrogen) atoms. The molecular weight excluding hydrogens is 410 g/mol. The van der Waals surface area contributed by atoms with Crippen molar-refractivity contribution in [3.05, 3.63) is 34.4 Å². The average molecular weight is 472 g/mol. The Morgan fingerprint density at radius 1 is 0.853 bits per heavy atom. The molecule has 1 unspecified atom stereocenters. The Morgan fingerprint density at radius 2 is 1.47 bits per heavy atom. The monoisotopic (exact) mass is 471 g/mol. The lowest BCUT2D eigenvalue weighted by Gasteiger charge is -2.32. The zero-order valence-corrected chi connectivity index (χ0v) is 25.5. The summed E-state index contributed by atoms with van der Waals surface area (Å²) < 4.78 is 0. The van der Waals surface area contributed by atoms with E-state index in [0.717, 1.165) is 30.2 Å². The van der Waals surface area contributed by atoms with Crippen molar-refractivity contribution in [1.29, 1.82) is 0 Å². The highest BCUT2D eigenvalue weighted by atomic mass is 15.2. The fourth-order valence-corrected chi connectivity index (χ4v) is 6.47. The minimum absolute atomic E-state index is 0.513. The predicted molar refractivity (Wildman–Crippen MR) is 155 cm³/mol. The van der Waals surface area contributed by atoms with E-state index in [1.165, 1.54) is 38.5 Å². The summed E-state index contributed by atoms with van der Waals surface area (Å²) in [5, 5.41) is 0. The Balaban J connectivity index is 0.000000255. The molecular formula is C33H61N. The topological polar surface area (TPSA) is 3.24 Å². The maximum Gasteiger partial charge on any atom is 0.0307 e. The van der Waals surface area contributed by atoms with Gasteiger partial charge in [0.25, 0.3) is 0 Å². The van der Waals surface area contributed by atoms with Crippen molar-refractivity contribution in [1.82, 2.24) is 4.90 Å². The molecule has 0 spiro atoms. The highest BCUT2D eigenvalue weighted by Crippen LogP contribution is 2.49. The van der Waals surface area contributed by atoms with Crippen LogP contribution in [0.2, 0.25) is 0 Å². The van der Waals surface area contributed by atoms with Gasteiger partial charge in [0.1, 0.15) is 0 Å². The van der Waals surface area contributed by atoms with Crippen LogP contribution in [-0.4, -0.2) is 23.5 Å². The molecule has 0 amide bonds. The molecule has 0 aromatic carbocycles. The second kappa shape index (κ2) is 14.1. The van der Waals surface area contributed by atoms with Crippen LogP contribution in [0, 0.1) is 29.1 Å². The first-order valence-electron chi connectivity index (χ1n) is 14.5. The van der Waals surface area contributed by atoms with Crippen LogP contribution in [0.5, 0.6) is 0 Å². The maximum absolute atomic E-state index is 2.53. The Labute approximate surface area is 215 Å². The molecule has 2 fully saturated rings. The van der Waals surface area contributed by atoms with Gasteiger partial charge in [-0.05, 0) is 109 Å². The van der Waals surface area contributed by atoms with E-state index in [0.29, 0.717) is 17.5 Å². The number of allylic oxidation sites excluding steroid dienone is 4. The van der Waals surface area contributed by atoms with E-state index >= 15 is 0 Å². The summed E-state index contributed by atoms with van der Waals surface area (Å²) in [4.78, 5) is 2.53. The molecule has 3 rings (SSSR count). The first kappa shape index (κ1) is 31.2. The molecule has 3 aliphatic rings. The third-order valence-electron chi connectivity index (χ3n) is 8.92. The number of nitrogens with zero attached hydrogens (tertiary/aromatic N) is 1. The van der Waals surface area contributed by atoms with E-state index in [-0.39, 0.29) is 0 Å². The van der Waals surface area contributed by atoms with Gasteiger partial charge in [0.05, 0.1) is 0 Å². The Hall–Kier alpha value is -0.820. The fraction of sp³-hybridized carbons (Fsp3) is 0.818. The van der Waals surface area contributed by atoms with Crippen LogP contribution in [0.1, 0.15) is 129 Å². The molecule has 1 heteroatoms. The molecule has 0 N–H and O–H groups in total. The summed E-state index contributed by atoms with van der Waals surface area (Å²) in [6, 6.07) is 1.35. The molecule has 198 valence electrons. The zero-order chi connectivity index (χ0) is 26.2. The van der Waals surface area contributed by atoms with Crippen molar-refractivity contribution < 1.29 is 0 Å². The van der Waals surface area contributed by atoms with Gasteiger partial charge < -0.3 is 0 Å². The van der Waals surface area contributed by atoms with Crippen molar-refractivity contribution >= 4 is 0 Å². The third kappa shape index (κ3) is 8.39.